The lowest BCUT2D eigenvalue weighted by Gasteiger charge is -2.61. The van der Waals surface area contributed by atoms with Crippen molar-refractivity contribution in [3.8, 4) is 0 Å². The molecule has 1 saturated heterocycles. The maximum atomic E-state index is 10.8. The average Bonchev–Trinajstić information content (AvgIpc) is 2.96. The van der Waals surface area contributed by atoms with Crippen LogP contribution in [-0.2, 0) is 0 Å². The van der Waals surface area contributed by atoms with Gasteiger partial charge in [-0.25, -0.2) is 0 Å². The fourth-order valence-electron chi connectivity index (χ4n) is 8.91. The molecule has 176 valence electrons. The van der Waals surface area contributed by atoms with Crippen LogP contribution in [0, 0.1) is 34.0 Å². The lowest BCUT2D eigenvalue weighted by Crippen LogP contribution is -2.59. The van der Waals surface area contributed by atoms with E-state index in [-0.39, 0.29) is 22.5 Å². The molecule has 4 rings (SSSR count). The first kappa shape index (κ1) is 23.6. The van der Waals surface area contributed by atoms with E-state index in [1.807, 2.05) is 0 Å². The largest absolute Gasteiger partial charge is 0.393 e. The van der Waals surface area contributed by atoms with Gasteiger partial charge in [0.2, 0.25) is 0 Å². The molecule has 1 heterocycles. The predicted molar refractivity (Wildman–Crippen MR) is 132 cm³/mol. The molecule has 0 amide bonds. The van der Waals surface area contributed by atoms with Gasteiger partial charge in [-0.1, -0.05) is 57.4 Å². The number of hydrogen-bond acceptors (Lipinski definition) is 2. The Kier molecular flexibility index (Phi) is 5.87. The second kappa shape index (κ2) is 7.73. The summed E-state index contributed by atoms with van der Waals surface area (Å²) in [6, 6.07) is 0. The van der Waals surface area contributed by atoms with Gasteiger partial charge in [0.1, 0.15) is 0 Å². The van der Waals surface area contributed by atoms with Gasteiger partial charge in [-0.05, 0) is 113 Å². The lowest BCUT2D eigenvalue weighted by molar-refractivity contribution is -0.0938. The second-order valence-electron chi connectivity index (χ2n) is 13.2. The Balaban J connectivity index is 1.65. The molecule has 0 aromatic carbocycles. The van der Waals surface area contributed by atoms with E-state index in [0.29, 0.717) is 11.3 Å². The zero-order valence-electron chi connectivity index (χ0n) is 21.7. The molecule has 0 bridgehead atoms. The summed E-state index contributed by atoms with van der Waals surface area (Å²) in [4.78, 5) is 0. The first-order chi connectivity index (χ1) is 14.4. The van der Waals surface area contributed by atoms with Crippen molar-refractivity contribution in [1.29, 1.82) is 0 Å². The SMILES string of the molecule is CC(C)=CCC[C@@H](C)[C@H]1CN[C@@]2(C)C3=C(CC[C@]12C)[C@@]1(C)CC[C@H](O)C(C)(C)[C@@H]1CC3. The van der Waals surface area contributed by atoms with Crippen LogP contribution in [0.15, 0.2) is 22.8 Å². The molecule has 3 aliphatic carbocycles. The molecule has 0 radical (unpaired) electrons. The van der Waals surface area contributed by atoms with Crippen molar-refractivity contribution in [3.63, 3.8) is 0 Å². The highest BCUT2D eigenvalue weighted by Crippen LogP contribution is 2.67. The number of allylic oxidation sites excluding steroid dienone is 3. The Hall–Kier alpha value is -0.600. The summed E-state index contributed by atoms with van der Waals surface area (Å²) in [6.07, 6.45) is 12.0. The average molecular weight is 428 g/mol. The molecule has 0 aromatic rings. The number of fused-ring (bicyclic) bond motifs is 4. The maximum absolute atomic E-state index is 10.8. The summed E-state index contributed by atoms with van der Waals surface area (Å²) in [5, 5.41) is 14.9. The van der Waals surface area contributed by atoms with Gasteiger partial charge in [-0.2, -0.15) is 0 Å². The summed E-state index contributed by atoms with van der Waals surface area (Å²) in [5.74, 6) is 2.12. The molecular weight excluding hydrogens is 378 g/mol. The van der Waals surface area contributed by atoms with Crippen LogP contribution < -0.4 is 5.32 Å². The van der Waals surface area contributed by atoms with Crippen LogP contribution in [0.1, 0.15) is 107 Å². The molecule has 31 heavy (non-hydrogen) atoms. The monoisotopic (exact) mass is 427 g/mol. The van der Waals surface area contributed by atoms with Crippen molar-refractivity contribution in [2.45, 2.75) is 118 Å². The van der Waals surface area contributed by atoms with Crippen molar-refractivity contribution in [3.05, 3.63) is 22.8 Å². The van der Waals surface area contributed by atoms with E-state index < -0.39 is 0 Å². The zero-order valence-corrected chi connectivity index (χ0v) is 21.7. The standard InChI is InChI=1S/C29H49NO/c1-19(2)10-9-11-20(3)23-18-30-29(8)22-12-13-24-26(4,5)25(31)15-16-27(24,6)21(22)14-17-28(23,29)7/h10,20,23-25,30-31H,9,11-18H2,1-8H3/t20-,23-,24+,25+,27-,28-,29+/m1/s1. The molecule has 2 fully saturated rings. The number of nitrogens with one attached hydrogen (secondary N) is 1. The quantitative estimate of drug-likeness (QED) is 0.471. The van der Waals surface area contributed by atoms with Gasteiger partial charge in [-0.15, -0.1) is 0 Å². The van der Waals surface area contributed by atoms with Crippen molar-refractivity contribution in [2.24, 2.45) is 34.0 Å². The highest BCUT2D eigenvalue weighted by molar-refractivity contribution is 5.42. The molecule has 4 aliphatic rings. The van der Waals surface area contributed by atoms with Crippen LogP contribution in [0.2, 0.25) is 0 Å². The van der Waals surface area contributed by atoms with E-state index in [1.54, 1.807) is 11.1 Å². The molecule has 2 heteroatoms. The first-order valence-electron chi connectivity index (χ1n) is 13.2. The number of aliphatic hydroxyl groups is 1. The van der Waals surface area contributed by atoms with Crippen LogP contribution in [0.3, 0.4) is 0 Å². The number of hydrogen-bond donors (Lipinski definition) is 2. The summed E-state index contributed by atoms with van der Waals surface area (Å²) >= 11 is 0. The first-order valence-corrected chi connectivity index (χ1v) is 13.2. The second-order valence-corrected chi connectivity index (χ2v) is 13.2. The highest BCUT2D eigenvalue weighted by Gasteiger charge is 2.63. The van der Waals surface area contributed by atoms with Gasteiger partial charge in [0.15, 0.2) is 0 Å². The van der Waals surface area contributed by atoms with E-state index in [0.717, 1.165) is 24.7 Å². The fourth-order valence-corrected chi connectivity index (χ4v) is 8.91. The Morgan fingerprint density at radius 3 is 2.45 bits per heavy atom. The van der Waals surface area contributed by atoms with Gasteiger partial charge in [0.05, 0.1) is 6.10 Å². The van der Waals surface area contributed by atoms with Gasteiger partial charge < -0.3 is 10.4 Å². The topological polar surface area (TPSA) is 32.3 Å². The Morgan fingerprint density at radius 1 is 1.06 bits per heavy atom. The van der Waals surface area contributed by atoms with Gasteiger partial charge in [0, 0.05) is 5.54 Å². The zero-order chi connectivity index (χ0) is 22.8. The summed E-state index contributed by atoms with van der Waals surface area (Å²) in [5.41, 5.74) is 5.80. The summed E-state index contributed by atoms with van der Waals surface area (Å²) in [7, 11) is 0. The Bertz CT molecular complexity index is 774. The molecular formula is C29H49NO. The third kappa shape index (κ3) is 3.33. The van der Waals surface area contributed by atoms with Gasteiger partial charge in [-0.3, -0.25) is 0 Å². The van der Waals surface area contributed by atoms with E-state index in [1.165, 1.54) is 50.6 Å². The molecule has 0 unspecified atom stereocenters. The lowest BCUT2D eigenvalue weighted by atomic mass is 9.44. The van der Waals surface area contributed by atoms with Gasteiger partial charge in [0.25, 0.3) is 0 Å². The van der Waals surface area contributed by atoms with Gasteiger partial charge >= 0.3 is 0 Å². The summed E-state index contributed by atoms with van der Waals surface area (Å²) < 4.78 is 0. The summed E-state index contributed by atoms with van der Waals surface area (Å²) in [6.45, 7) is 20.5. The minimum atomic E-state index is -0.146. The van der Waals surface area contributed by atoms with E-state index in [4.69, 9.17) is 0 Å². The molecule has 2 N–H and O–H groups in total. The smallest absolute Gasteiger partial charge is 0.0594 e. The minimum absolute atomic E-state index is 0.0261. The van der Waals surface area contributed by atoms with Crippen LogP contribution >= 0.6 is 0 Å². The molecule has 1 aliphatic heterocycles. The van der Waals surface area contributed by atoms with Crippen LogP contribution in [-0.4, -0.2) is 23.3 Å². The third-order valence-corrected chi connectivity index (χ3v) is 11.2. The molecule has 2 nitrogen and oxygen atoms in total. The van der Waals surface area contributed by atoms with Crippen molar-refractivity contribution in [1.82, 2.24) is 5.32 Å². The van der Waals surface area contributed by atoms with E-state index in [9.17, 15) is 5.11 Å². The van der Waals surface area contributed by atoms with Crippen molar-refractivity contribution < 1.29 is 5.11 Å². The molecule has 7 atom stereocenters. The van der Waals surface area contributed by atoms with Crippen molar-refractivity contribution >= 4 is 0 Å². The minimum Gasteiger partial charge on any atom is -0.393 e. The number of aliphatic hydroxyl groups excluding tert-OH is 1. The third-order valence-electron chi connectivity index (χ3n) is 11.2. The van der Waals surface area contributed by atoms with Crippen molar-refractivity contribution in [2.75, 3.05) is 6.54 Å². The number of rotatable bonds is 4. The maximum Gasteiger partial charge on any atom is 0.0594 e. The van der Waals surface area contributed by atoms with E-state index in [2.05, 4.69) is 66.8 Å². The van der Waals surface area contributed by atoms with Crippen LogP contribution in [0.25, 0.3) is 0 Å². The molecule has 1 saturated carbocycles. The van der Waals surface area contributed by atoms with Crippen LogP contribution in [0.5, 0.6) is 0 Å². The predicted octanol–water partition coefficient (Wildman–Crippen LogP) is 7.04. The Morgan fingerprint density at radius 2 is 1.77 bits per heavy atom. The Labute approximate surface area is 192 Å². The fraction of sp³-hybridized carbons (Fsp3) is 0.862. The van der Waals surface area contributed by atoms with Crippen LogP contribution in [0.4, 0.5) is 0 Å². The highest BCUT2D eigenvalue weighted by atomic mass is 16.3. The van der Waals surface area contributed by atoms with E-state index >= 15 is 0 Å². The molecule has 0 aromatic heterocycles. The normalized spacial score (nSPS) is 44.9. The molecule has 0 spiro atoms.